The quantitative estimate of drug-likeness (QED) is 0.633. The van der Waals surface area contributed by atoms with E-state index in [9.17, 15) is 5.11 Å². The molecule has 3 fully saturated rings. The van der Waals surface area contributed by atoms with Gasteiger partial charge in [0.1, 0.15) is 18.3 Å². The van der Waals surface area contributed by atoms with Gasteiger partial charge in [0.2, 0.25) is 0 Å². The lowest BCUT2D eigenvalue weighted by atomic mass is 9.46. The normalized spacial score (nSPS) is 38.9. The van der Waals surface area contributed by atoms with Gasteiger partial charge in [-0.3, -0.25) is 0 Å². The molecular weight excluding hydrogens is 450 g/mol. The number of hydrogen-bond donors (Lipinski definition) is 2. The zero-order valence-electron chi connectivity index (χ0n) is 22.2. The number of methoxy groups -OCH3 is 1. The van der Waals surface area contributed by atoms with Crippen molar-refractivity contribution in [3.63, 3.8) is 0 Å². The van der Waals surface area contributed by atoms with Crippen molar-refractivity contribution >= 4 is 0 Å². The van der Waals surface area contributed by atoms with Crippen LogP contribution < -0.4 is 14.8 Å². The van der Waals surface area contributed by atoms with Gasteiger partial charge in [-0.25, -0.2) is 0 Å². The number of hydrogen-bond acceptors (Lipinski definition) is 5. The lowest BCUT2D eigenvalue weighted by Gasteiger charge is -2.61. The van der Waals surface area contributed by atoms with Gasteiger partial charge in [0.25, 0.3) is 0 Å². The van der Waals surface area contributed by atoms with E-state index in [0.717, 1.165) is 49.3 Å². The van der Waals surface area contributed by atoms with Crippen LogP contribution in [0.2, 0.25) is 0 Å². The number of benzene rings is 2. The van der Waals surface area contributed by atoms with E-state index in [1.165, 1.54) is 11.1 Å². The Hall–Kier alpha value is -2.08. The third-order valence-corrected chi connectivity index (χ3v) is 11.2. The lowest BCUT2D eigenvalue weighted by molar-refractivity contribution is -0.208. The van der Waals surface area contributed by atoms with Crippen LogP contribution in [0.15, 0.2) is 42.5 Å². The summed E-state index contributed by atoms with van der Waals surface area (Å²) in [7, 11) is 1.84. The third kappa shape index (κ3) is 2.48. The zero-order valence-corrected chi connectivity index (χ0v) is 22.2. The van der Waals surface area contributed by atoms with Crippen molar-refractivity contribution in [2.24, 2.45) is 16.7 Å². The molecule has 2 saturated carbocycles. The van der Waals surface area contributed by atoms with Crippen LogP contribution in [0, 0.1) is 16.7 Å². The van der Waals surface area contributed by atoms with E-state index in [2.05, 4.69) is 50.4 Å². The number of rotatable bonds is 5. The molecule has 4 unspecified atom stereocenters. The van der Waals surface area contributed by atoms with Crippen molar-refractivity contribution in [3.05, 3.63) is 59.2 Å². The molecule has 36 heavy (non-hydrogen) atoms. The van der Waals surface area contributed by atoms with Gasteiger partial charge in [-0.05, 0) is 61.8 Å². The second kappa shape index (κ2) is 7.06. The van der Waals surface area contributed by atoms with Crippen LogP contribution in [0.3, 0.4) is 0 Å². The molecule has 2 spiro atoms. The number of nitrogens with one attached hydrogen (secondary N) is 1. The number of fused-ring (bicyclic) bond motifs is 2. The van der Waals surface area contributed by atoms with Crippen molar-refractivity contribution in [1.29, 1.82) is 0 Å². The van der Waals surface area contributed by atoms with Gasteiger partial charge < -0.3 is 24.6 Å². The minimum Gasteiger partial charge on any atom is -0.485 e. The van der Waals surface area contributed by atoms with E-state index in [4.69, 9.17) is 14.2 Å². The molecule has 5 heteroatoms. The van der Waals surface area contributed by atoms with Crippen LogP contribution in [0.5, 0.6) is 11.5 Å². The van der Waals surface area contributed by atoms with E-state index in [1.54, 1.807) is 0 Å². The Bertz CT molecular complexity index is 1220. The highest BCUT2D eigenvalue weighted by Crippen LogP contribution is 2.80. The second-order valence-corrected chi connectivity index (χ2v) is 13.3. The van der Waals surface area contributed by atoms with Gasteiger partial charge >= 0.3 is 0 Å². The summed E-state index contributed by atoms with van der Waals surface area (Å²) in [6, 6.07) is 15.1. The average molecular weight is 490 g/mol. The Morgan fingerprint density at radius 3 is 2.61 bits per heavy atom. The molecule has 7 rings (SSSR count). The average Bonchev–Trinajstić information content (AvgIpc) is 3.45. The summed E-state index contributed by atoms with van der Waals surface area (Å²) in [4.78, 5) is 0. The fourth-order valence-corrected chi connectivity index (χ4v) is 9.17. The van der Waals surface area contributed by atoms with E-state index in [0.29, 0.717) is 12.6 Å². The first kappa shape index (κ1) is 23.1. The maximum Gasteiger partial charge on any atom is 0.166 e. The van der Waals surface area contributed by atoms with Crippen molar-refractivity contribution in [1.82, 2.24) is 5.32 Å². The summed E-state index contributed by atoms with van der Waals surface area (Å²) in [5.74, 6) is 1.74. The second-order valence-electron chi connectivity index (χ2n) is 13.3. The summed E-state index contributed by atoms with van der Waals surface area (Å²) >= 11 is 0. The predicted molar refractivity (Wildman–Crippen MR) is 138 cm³/mol. The lowest BCUT2D eigenvalue weighted by Crippen LogP contribution is -2.71. The number of ether oxygens (including phenoxy) is 3. The molecule has 1 saturated heterocycles. The van der Waals surface area contributed by atoms with Gasteiger partial charge in [-0.1, -0.05) is 57.2 Å². The Balaban J connectivity index is 1.38. The summed E-state index contributed by atoms with van der Waals surface area (Å²) in [5.41, 5.74) is 2.09. The van der Waals surface area contributed by atoms with Crippen molar-refractivity contribution in [2.75, 3.05) is 13.7 Å². The molecule has 192 valence electrons. The van der Waals surface area contributed by atoms with E-state index in [1.807, 2.05) is 32.2 Å². The predicted octanol–water partition coefficient (Wildman–Crippen LogP) is 4.77. The van der Waals surface area contributed by atoms with Crippen LogP contribution in [0.4, 0.5) is 0 Å². The van der Waals surface area contributed by atoms with Crippen LogP contribution in [-0.2, 0) is 23.2 Å². The molecule has 4 bridgehead atoms. The maximum atomic E-state index is 12.1. The summed E-state index contributed by atoms with van der Waals surface area (Å²) in [5, 5.41) is 16.0. The number of piperidine rings is 1. The van der Waals surface area contributed by atoms with Crippen LogP contribution in [-0.4, -0.2) is 42.1 Å². The fraction of sp³-hybridized carbons (Fsp3) is 0.613. The van der Waals surface area contributed by atoms with Crippen molar-refractivity contribution < 1.29 is 19.3 Å². The van der Waals surface area contributed by atoms with E-state index >= 15 is 0 Å². The highest BCUT2D eigenvalue weighted by molar-refractivity contribution is 5.65. The van der Waals surface area contributed by atoms with E-state index < -0.39 is 11.2 Å². The highest BCUT2D eigenvalue weighted by Gasteiger charge is 2.86. The molecule has 2 aromatic carbocycles. The molecule has 0 amide bonds. The minimum absolute atomic E-state index is 0.00212. The Kier molecular flexibility index (Phi) is 4.52. The molecule has 0 radical (unpaired) electrons. The molecular formula is C31H39NO4. The summed E-state index contributed by atoms with van der Waals surface area (Å²) in [6.07, 6.45) is 3.79. The van der Waals surface area contributed by atoms with Crippen molar-refractivity contribution in [2.45, 2.75) is 88.7 Å². The first-order valence-corrected chi connectivity index (χ1v) is 13.6. The fourth-order valence-electron chi connectivity index (χ4n) is 9.17. The van der Waals surface area contributed by atoms with Gasteiger partial charge in [0.15, 0.2) is 11.5 Å². The van der Waals surface area contributed by atoms with Gasteiger partial charge in [0.05, 0.1) is 5.60 Å². The number of aliphatic hydroxyl groups is 1. The molecule has 5 aliphatic rings. The minimum atomic E-state index is -0.895. The highest BCUT2D eigenvalue weighted by atomic mass is 16.6. The Morgan fingerprint density at radius 2 is 1.89 bits per heavy atom. The molecule has 5 nitrogen and oxygen atoms in total. The van der Waals surface area contributed by atoms with Gasteiger partial charge in [-0.2, -0.15) is 0 Å². The van der Waals surface area contributed by atoms with Gasteiger partial charge in [-0.15, -0.1) is 0 Å². The molecule has 3 aliphatic carbocycles. The molecule has 2 aromatic rings. The van der Waals surface area contributed by atoms with Crippen molar-refractivity contribution in [3.8, 4) is 11.5 Å². The standard InChI is InChI=1S/C31H39NO4/c1-27(2,3)28(4,33)22-16-29-18-31(22,34-5)26-30(29)13-14-32-23(29)15-20-11-12-21(25(36-26)24(20)30)35-17-19-9-7-6-8-10-19/h6-12,22-23,26,32-33H,13-18H2,1-5H3/t22-,23?,26-,28?,29?,30?,31-/m1/s1. The first-order valence-electron chi connectivity index (χ1n) is 13.6. The molecule has 2 aliphatic heterocycles. The smallest absolute Gasteiger partial charge is 0.166 e. The topological polar surface area (TPSA) is 60.0 Å². The molecule has 2 N–H and O–H groups in total. The van der Waals surface area contributed by atoms with Gasteiger partial charge in [0, 0.05) is 35.5 Å². The largest absolute Gasteiger partial charge is 0.485 e. The molecule has 2 heterocycles. The first-order chi connectivity index (χ1) is 17.1. The Morgan fingerprint density at radius 1 is 1.11 bits per heavy atom. The maximum absolute atomic E-state index is 12.1. The summed E-state index contributed by atoms with van der Waals surface area (Å²) in [6.45, 7) is 9.96. The van der Waals surface area contributed by atoms with Crippen LogP contribution in [0.1, 0.15) is 63.6 Å². The zero-order chi connectivity index (χ0) is 25.1. The Labute approximate surface area is 214 Å². The SMILES string of the molecule is CO[C@]12CC3(C[C@@H]1C(C)(O)C(C)(C)C)C1Cc4ccc(OCc5ccccc5)c5c4C3(CCN1)[C@H]2O5. The van der Waals surface area contributed by atoms with Crippen LogP contribution in [0.25, 0.3) is 0 Å². The molecule has 0 aromatic heterocycles. The van der Waals surface area contributed by atoms with E-state index in [-0.39, 0.29) is 28.3 Å². The third-order valence-electron chi connectivity index (χ3n) is 11.2. The molecule has 7 atom stereocenters. The summed E-state index contributed by atoms with van der Waals surface area (Å²) < 4.78 is 20.1. The van der Waals surface area contributed by atoms with Crippen LogP contribution >= 0.6 is 0 Å². The monoisotopic (exact) mass is 489 g/mol.